The Morgan fingerprint density at radius 3 is 2.51 bits per heavy atom. The summed E-state index contributed by atoms with van der Waals surface area (Å²) >= 11 is 3.65. The molecule has 0 aromatic carbocycles. The number of imidazole rings is 1. The quantitative estimate of drug-likeness (QED) is 0.0964. The fourth-order valence-corrected chi connectivity index (χ4v) is 8.06. The molecule has 2 aromatic rings. The number of aliphatic hydroxyl groups is 5. The van der Waals surface area contributed by atoms with Crippen LogP contribution in [-0.2, 0) is 36.7 Å². The Bertz CT molecular complexity index is 1370. The number of alkyl halides is 1. The number of ether oxygens (including phenoxy) is 3. The fourth-order valence-electron chi connectivity index (χ4n) is 4.87. The molecule has 12 atom stereocenters. The Kier molecular flexibility index (Phi) is 10.5. The van der Waals surface area contributed by atoms with E-state index in [1.165, 1.54) is 24.3 Å². The summed E-state index contributed by atoms with van der Waals surface area (Å²) in [6, 6.07) is 0. The molecule has 0 bridgehead atoms. The molecule has 43 heavy (non-hydrogen) atoms. The largest absolute Gasteiger partial charge is 0.482 e. The summed E-state index contributed by atoms with van der Waals surface area (Å²) in [5, 5.41) is 50.1. The van der Waals surface area contributed by atoms with Gasteiger partial charge in [0.25, 0.3) is 0 Å². The number of rotatable bonds is 12. The summed E-state index contributed by atoms with van der Waals surface area (Å²) < 4.78 is 71.7. The van der Waals surface area contributed by atoms with E-state index in [1.54, 1.807) is 6.92 Å². The highest BCUT2D eigenvalue weighted by molar-refractivity contribution is 8.45. The van der Waals surface area contributed by atoms with Crippen LogP contribution in [0.25, 0.3) is 11.2 Å². The van der Waals surface area contributed by atoms with E-state index < -0.39 is 88.7 Å². The van der Waals surface area contributed by atoms with Crippen LogP contribution in [0.3, 0.4) is 0 Å². The summed E-state index contributed by atoms with van der Waals surface area (Å²) in [7, 11) is -4.19. The highest BCUT2D eigenvalue weighted by Crippen LogP contribution is 2.66. The van der Waals surface area contributed by atoms with E-state index in [0.29, 0.717) is 0 Å². The van der Waals surface area contributed by atoms with E-state index in [2.05, 4.69) is 36.0 Å². The second kappa shape index (κ2) is 13.1. The first kappa shape index (κ1) is 34.5. The maximum Gasteiger partial charge on any atom is 0.482 e. The summed E-state index contributed by atoms with van der Waals surface area (Å²) in [6.07, 6.45) is -14.0. The molecule has 2 aliphatic rings. The van der Waals surface area contributed by atoms with Gasteiger partial charge in [-0.2, -0.15) is 4.31 Å². The first-order chi connectivity index (χ1) is 20.1. The Labute approximate surface area is 248 Å². The molecule has 2 saturated heterocycles. The van der Waals surface area contributed by atoms with Gasteiger partial charge in [-0.1, -0.05) is 19.2 Å². The van der Waals surface area contributed by atoms with Crippen LogP contribution in [-0.4, -0.2) is 125 Å². The average Bonchev–Trinajstić information content (AvgIpc) is 3.50. The number of aromatic nitrogens is 4. The molecule has 2 fully saturated rings. The third-order valence-electron chi connectivity index (χ3n) is 7.13. The smallest absolute Gasteiger partial charge is 0.393 e. The van der Waals surface area contributed by atoms with Crippen molar-refractivity contribution in [2.45, 2.75) is 74.3 Å². The van der Waals surface area contributed by atoms with Gasteiger partial charge in [0.2, 0.25) is 0 Å². The van der Waals surface area contributed by atoms with Gasteiger partial charge in [-0.3, -0.25) is 13.6 Å². The Balaban J connectivity index is 1.46. The molecule has 0 aliphatic carbocycles. The van der Waals surface area contributed by atoms with Crippen molar-refractivity contribution in [1.29, 1.82) is 0 Å². The lowest BCUT2D eigenvalue weighted by molar-refractivity contribution is -0.287. The molecular weight excluding hydrogens is 647 g/mol. The molecule has 0 saturated carbocycles. The number of halogens is 1. The highest BCUT2D eigenvalue weighted by atomic mass is 32.7. The number of nitrogens with two attached hydrogens (primary N) is 1. The van der Waals surface area contributed by atoms with Gasteiger partial charge in [0, 0.05) is 7.11 Å². The predicted octanol–water partition coefficient (Wildman–Crippen LogP) is -1.21. The van der Waals surface area contributed by atoms with Crippen LogP contribution >= 0.6 is 26.9 Å². The lowest BCUT2D eigenvalue weighted by Crippen LogP contribution is -2.60. The number of phosphoric acid groups is 1. The molecule has 0 spiro atoms. The number of nitrogens with zero attached hydrogens (tertiary/aromatic N) is 4. The molecule has 4 heterocycles. The van der Waals surface area contributed by atoms with Gasteiger partial charge in [-0.05, 0) is 6.42 Å². The van der Waals surface area contributed by atoms with Crippen LogP contribution in [0.5, 0.6) is 0 Å². The molecule has 0 radical (unpaired) electrons. The predicted molar refractivity (Wildman–Crippen MR) is 143 cm³/mol. The summed E-state index contributed by atoms with van der Waals surface area (Å²) in [5.41, 5.74) is 4.95. The maximum atomic E-state index is 14.0. The van der Waals surface area contributed by atoms with Gasteiger partial charge in [0.1, 0.15) is 54.1 Å². The molecule has 244 valence electrons. The molecule has 2 aliphatic heterocycles. The number of hydrogen-bond donors (Lipinski definition) is 8. The molecule has 23 heteroatoms. The average molecular weight is 680 g/mol. The van der Waals surface area contributed by atoms with E-state index in [9.17, 15) is 38.8 Å². The first-order valence-electron chi connectivity index (χ1n) is 12.6. The van der Waals surface area contributed by atoms with Crippen molar-refractivity contribution < 1.29 is 71.5 Å². The molecule has 0 amide bonds. The molecule has 8 N–H and O–H groups in total. The number of methoxy groups -OCH3 is 1. The van der Waals surface area contributed by atoms with E-state index in [-0.39, 0.29) is 23.4 Å². The third kappa shape index (κ3) is 6.76. The van der Waals surface area contributed by atoms with Crippen LogP contribution < -0.4 is 5.73 Å². The van der Waals surface area contributed by atoms with E-state index >= 15 is 0 Å². The van der Waals surface area contributed by atoms with Crippen molar-refractivity contribution in [3.05, 3.63) is 12.7 Å². The van der Waals surface area contributed by atoms with Crippen molar-refractivity contribution in [2.75, 3.05) is 26.1 Å². The SMILES string of the molecule is CC[C@@]1(OC)[C@H](O)[C@@H](COP(=O)(S)OP(=O)(O)OC2OC([C@@H](F)CO)C(O)C(O)C2O)O[C@H]1n1cnc2c(N)ncnc21. The van der Waals surface area contributed by atoms with Gasteiger partial charge in [0.15, 0.2) is 30.2 Å². The number of phosphoric ester groups is 1. The highest BCUT2D eigenvalue weighted by Gasteiger charge is 2.58. The molecule has 19 nitrogen and oxygen atoms in total. The second-order valence-electron chi connectivity index (χ2n) is 9.63. The van der Waals surface area contributed by atoms with Crippen molar-refractivity contribution in [3.8, 4) is 0 Å². The normalized spacial score (nSPS) is 36.8. The number of aliphatic hydroxyl groups excluding tert-OH is 5. The van der Waals surface area contributed by atoms with Gasteiger partial charge < -0.3 is 50.4 Å². The van der Waals surface area contributed by atoms with E-state index in [1.807, 2.05) is 0 Å². The number of nitrogen functional groups attached to an aromatic ring is 1. The van der Waals surface area contributed by atoms with Crippen LogP contribution in [0.1, 0.15) is 19.6 Å². The zero-order valence-electron chi connectivity index (χ0n) is 22.5. The van der Waals surface area contributed by atoms with Gasteiger partial charge in [-0.15, -0.1) is 0 Å². The minimum absolute atomic E-state index is 0.0933. The Hall–Kier alpha value is -1.39. The summed E-state index contributed by atoms with van der Waals surface area (Å²) in [6.45, 7) is -5.02. The minimum atomic E-state index is -5.52. The standard InChI is InChI=1S/C20H32FN5O14P2S/c1-3-20(35-2)15(31)9(37-19(20)26-7-25-10-16(22)23-6-24-17(10)26)5-36-42(34,43)40-41(32,33)39-18-13(30)11(28)12(29)14(38-18)8(21)4-27/h6-9,11-15,18-19,27-31H,3-5H2,1-2H3,(H,32,33)(H,34,43)(H2,22,23,24)/t8-,9+,11?,12?,13?,14?,15+,18?,19+,20+,42?/m0/s1. The van der Waals surface area contributed by atoms with E-state index in [4.69, 9.17) is 29.6 Å². The van der Waals surface area contributed by atoms with Crippen LogP contribution in [0.2, 0.25) is 0 Å². The third-order valence-corrected chi connectivity index (χ3v) is 10.7. The summed E-state index contributed by atoms with van der Waals surface area (Å²) in [5.74, 6) is 0.0933. The van der Waals surface area contributed by atoms with Crippen molar-refractivity contribution in [1.82, 2.24) is 19.5 Å². The second-order valence-corrected chi connectivity index (χ2v) is 14.1. The topological polar surface area (TPSA) is 281 Å². The zero-order valence-corrected chi connectivity index (χ0v) is 25.2. The lowest BCUT2D eigenvalue weighted by Gasteiger charge is -2.41. The monoisotopic (exact) mass is 679 g/mol. The van der Waals surface area contributed by atoms with Gasteiger partial charge >= 0.3 is 14.6 Å². The molecule has 4 rings (SSSR count). The lowest BCUT2D eigenvalue weighted by atomic mass is 9.91. The first-order valence-corrected chi connectivity index (χ1v) is 16.8. The van der Waals surface area contributed by atoms with Crippen LogP contribution in [0.15, 0.2) is 12.7 Å². The van der Waals surface area contributed by atoms with E-state index in [0.717, 1.165) is 0 Å². The number of thiol groups is 1. The Morgan fingerprint density at radius 1 is 1.19 bits per heavy atom. The van der Waals surface area contributed by atoms with Gasteiger partial charge in [0.05, 0.1) is 19.5 Å². The molecule has 7 unspecified atom stereocenters. The van der Waals surface area contributed by atoms with Crippen molar-refractivity contribution in [2.24, 2.45) is 0 Å². The number of fused-ring (bicyclic) bond motifs is 1. The molecular formula is C20H32FN5O14P2S. The van der Waals surface area contributed by atoms with Crippen molar-refractivity contribution in [3.63, 3.8) is 0 Å². The number of hydrogen-bond acceptors (Lipinski definition) is 17. The maximum absolute atomic E-state index is 14.0. The Morgan fingerprint density at radius 2 is 1.88 bits per heavy atom. The van der Waals surface area contributed by atoms with Crippen LogP contribution in [0, 0.1) is 0 Å². The summed E-state index contributed by atoms with van der Waals surface area (Å²) in [4.78, 5) is 22.4. The number of anilines is 1. The van der Waals surface area contributed by atoms with Gasteiger partial charge in [-0.25, -0.2) is 28.5 Å². The van der Waals surface area contributed by atoms with Crippen molar-refractivity contribution >= 4 is 43.9 Å². The van der Waals surface area contributed by atoms with Crippen LogP contribution in [0.4, 0.5) is 10.2 Å². The molecule has 2 aromatic heterocycles. The minimum Gasteiger partial charge on any atom is -0.393 e. The fraction of sp³-hybridized carbons (Fsp3) is 0.750. The zero-order chi connectivity index (χ0) is 31.9.